The quantitative estimate of drug-likeness (QED) is 0.696. The molecule has 1 unspecified atom stereocenters. The predicted molar refractivity (Wildman–Crippen MR) is 55.0 cm³/mol. The van der Waals surface area contributed by atoms with Gasteiger partial charge in [0.2, 0.25) is 0 Å². The first-order valence-corrected chi connectivity index (χ1v) is 4.61. The molecule has 0 saturated heterocycles. The van der Waals surface area contributed by atoms with Crippen molar-refractivity contribution >= 4 is 11.9 Å². The number of carbonyl (C=O) groups is 2. The second-order valence-electron chi connectivity index (χ2n) is 3.61. The van der Waals surface area contributed by atoms with Gasteiger partial charge in [0.25, 0.3) is 0 Å². The van der Waals surface area contributed by atoms with E-state index in [0.29, 0.717) is 5.56 Å². The Kier molecular flexibility index (Phi) is 3.29. The van der Waals surface area contributed by atoms with Crippen molar-refractivity contribution < 1.29 is 24.9 Å². The number of aliphatic hydroxyl groups is 1. The van der Waals surface area contributed by atoms with Crippen LogP contribution in [0.5, 0.6) is 0 Å². The van der Waals surface area contributed by atoms with Crippen LogP contribution >= 0.6 is 0 Å². The van der Waals surface area contributed by atoms with Gasteiger partial charge in [0.05, 0.1) is 6.42 Å². The van der Waals surface area contributed by atoms with Crippen molar-refractivity contribution in [3.8, 4) is 0 Å². The van der Waals surface area contributed by atoms with Crippen molar-refractivity contribution in [2.24, 2.45) is 0 Å². The lowest BCUT2D eigenvalue weighted by atomic mass is 9.90. The summed E-state index contributed by atoms with van der Waals surface area (Å²) in [5.41, 5.74) is -1.68. The minimum absolute atomic E-state index is 0.102. The molecule has 5 heteroatoms. The Labute approximate surface area is 92.0 Å². The van der Waals surface area contributed by atoms with Gasteiger partial charge in [-0.25, -0.2) is 4.79 Å². The maximum Gasteiger partial charge on any atom is 0.340 e. The number of hydrogen-bond acceptors (Lipinski definition) is 3. The molecule has 1 aromatic rings. The van der Waals surface area contributed by atoms with E-state index in [0.717, 1.165) is 6.92 Å². The molecule has 1 rings (SSSR count). The van der Waals surface area contributed by atoms with E-state index in [-0.39, 0.29) is 12.0 Å². The number of carboxylic acid groups (broad SMARTS) is 2. The van der Waals surface area contributed by atoms with E-state index in [9.17, 15) is 14.7 Å². The molecule has 0 saturated carbocycles. The van der Waals surface area contributed by atoms with E-state index < -0.39 is 17.5 Å². The van der Waals surface area contributed by atoms with Gasteiger partial charge in [-0.1, -0.05) is 24.3 Å². The highest BCUT2D eigenvalue weighted by molar-refractivity contribution is 5.80. The molecule has 5 nitrogen and oxygen atoms in total. The summed E-state index contributed by atoms with van der Waals surface area (Å²) in [6.45, 7) is 1.12. The Morgan fingerprint density at radius 3 is 2.31 bits per heavy atom. The van der Waals surface area contributed by atoms with Crippen LogP contribution in [0.2, 0.25) is 0 Å². The fourth-order valence-corrected chi connectivity index (χ4v) is 1.43. The minimum Gasteiger partial charge on any atom is -0.481 e. The Hall–Kier alpha value is -1.88. The zero-order valence-corrected chi connectivity index (χ0v) is 8.67. The smallest absolute Gasteiger partial charge is 0.340 e. The van der Waals surface area contributed by atoms with Crippen molar-refractivity contribution in [3.63, 3.8) is 0 Å². The Morgan fingerprint density at radius 1 is 1.25 bits per heavy atom. The molecule has 0 aliphatic rings. The van der Waals surface area contributed by atoms with Gasteiger partial charge in [0.15, 0.2) is 5.60 Å². The number of hydrogen-bond donors (Lipinski definition) is 3. The first-order chi connectivity index (χ1) is 7.35. The van der Waals surface area contributed by atoms with Crippen LogP contribution in [-0.4, -0.2) is 27.3 Å². The molecule has 0 spiro atoms. The molecule has 0 amide bonds. The summed E-state index contributed by atoms with van der Waals surface area (Å²) in [5, 5.41) is 27.3. The highest BCUT2D eigenvalue weighted by atomic mass is 16.4. The average Bonchev–Trinajstić information content (AvgIpc) is 2.17. The monoisotopic (exact) mass is 224 g/mol. The van der Waals surface area contributed by atoms with Crippen LogP contribution in [0.25, 0.3) is 0 Å². The molecule has 3 N–H and O–H groups in total. The lowest BCUT2D eigenvalue weighted by Crippen LogP contribution is -2.33. The van der Waals surface area contributed by atoms with Crippen molar-refractivity contribution in [1.82, 2.24) is 0 Å². The molecule has 0 aliphatic carbocycles. The molecule has 0 fully saturated rings. The third-order valence-corrected chi connectivity index (χ3v) is 2.30. The summed E-state index contributed by atoms with van der Waals surface area (Å²) in [5.74, 6) is -2.49. The van der Waals surface area contributed by atoms with E-state index in [4.69, 9.17) is 10.2 Å². The highest BCUT2D eigenvalue weighted by Crippen LogP contribution is 2.24. The fraction of sp³-hybridized carbons (Fsp3) is 0.273. The van der Waals surface area contributed by atoms with Gasteiger partial charge in [-0.05, 0) is 18.1 Å². The normalized spacial score (nSPS) is 14.1. The topological polar surface area (TPSA) is 94.8 Å². The molecule has 0 aromatic heterocycles. The standard InChI is InChI=1S/C11H12O5/c1-11(16,10(14)15)8-5-3-2-4-7(8)6-9(12)13/h2-5,16H,6H2,1H3,(H,12,13)(H,14,15). The molecule has 1 aromatic carbocycles. The van der Waals surface area contributed by atoms with Crippen LogP contribution in [0.3, 0.4) is 0 Å². The molecular weight excluding hydrogens is 212 g/mol. The van der Waals surface area contributed by atoms with Crippen molar-refractivity contribution in [2.45, 2.75) is 18.9 Å². The Bertz CT molecular complexity index is 422. The summed E-state index contributed by atoms with van der Waals surface area (Å²) in [6.07, 6.45) is -0.320. The molecule has 0 radical (unpaired) electrons. The molecule has 1 atom stereocenters. The molecule has 0 bridgehead atoms. The van der Waals surface area contributed by atoms with Gasteiger partial charge in [-0.2, -0.15) is 0 Å². The number of carboxylic acids is 2. The van der Waals surface area contributed by atoms with Crippen LogP contribution in [0.4, 0.5) is 0 Å². The summed E-state index contributed by atoms with van der Waals surface area (Å²) in [6, 6.07) is 6.05. The zero-order chi connectivity index (χ0) is 12.3. The Morgan fingerprint density at radius 2 is 1.81 bits per heavy atom. The van der Waals surface area contributed by atoms with Crippen LogP contribution in [0, 0.1) is 0 Å². The lowest BCUT2D eigenvalue weighted by molar-refractivity contribution is -0.157. The number of rotatable bonds is 4. The lowest BCUT2D eigenvalue weighted by Gasteiger charge is -2.21. The van der Waals surface area contributed by atoms with Gasteiger partial charge in [0, 0.05) is 0 Å². The van der Waals surface area contributed by atoms with Gasteiger partial charge in [-0.15, -0.1) is 0 Å². The number of aliphatic carboxylic acids is 2. The minimum atomic E-state index is -2.08. The summed E-state index contributed by atoms with van der Waals surface area (Å²) < 4.78 is 0. The third-order valence-electron chi connectivity index (χ3n) is 2.30. The van der Waals surface area contributed by atoms with Crippen molar-refractivity contribution in [2.75, 3.05) is 0 Å². The van der Waals surface area contributed by atoms with E-state index in [1.165, 1.54) is 12.1 Å². The first kappa shape index (κ1) is 12.2. The van der Waals surface area contributed by atoms with Crippen LogP contribution in [0.1, 0.15) is 18.1 Å². The zero-order valence-electron chi connectivity index (χ0n) is 8.67. The molecule has 86 valence electrons. The molecule has 0 heterocycles. The van der Waals surface area contributed by atoms with Crippen molar-refractivity contribution in [1.29, 1.82) is 0 Å². The Balaban J connectivity index is 3.22. The third kappa shape index (κ3) is 2.38. The molecule has 0 aliphatic heterocycles. The SMILES string of the molecule is CC(O)(C(=O)O)c1ccccc1CC(=O)O. The van der Waals surface area contributed by atoms with E-state index in [1.54, 1.807) is 12.1 Å². The second-order valence-corrected chi connectivity index (χ2v) is 3.61. The number of benzene rings is 1. The predicted octanol–water partition coefficient (Wildman–Crippen LogP) is 0.606. The maximum atomic E-state index is 10.9. The van der Waals surface area contributed by atoms with Crippen LogP contribution in [0.15, 0.2) is 24.3 Å². The summed E-state index contributed by atoms with van der Waals surface area (Å²) >= 11 is 0. The van der Waals surface area contributed by atoms with Crippen LogP contribution < -0.4 is 0 Å². The summed E-state index contributed by atoms with van der Waals surface area (Å²) in [7, 11) is 0. The van der Waals surface area contributed by atoms with Gasteiger partial charge in [0.1, 0.15) is 0 Å². The van der Waals surface area contributed by atoms with Crippen molar-refractivity contribution in [3.05, 3.63) is 35.4 Å². The highest BCUT2D eigenvalue weighted by Gasteiger charge is 2.34. The molecular formula is C11H12O5. The van der Waals surface area contributed by atoms with E-state index in [1.807, 2.05) is 0 Å². The average molecular weight is 224 g/mol. The maximum absolute atomic E-state index is 10.9. The second kappa shape index (κ2) is 4.32. The van der Waals surface area contributed by atoms with Gasteiger partial charge >= 0.3 is 11.9 Å². The molecule has 16 heavy (non-hydrogen) atoms. The van der Waals surface area contributed by atoms with E-state index in [2.05, 4.69) is 0 Å². The van der Waals surface area contributed by atoms with E-state index >= 15 is 0 Å². The largest absolute Gasteiger partial charge is 0.481 e. The van der Waals surface area contributed by atoms with Crippen LogP contribution in [-0.2, 0) is 21.6 Å². The van der Waals surface area contributed by atoms with Gasteiger partial charge < -0.3 is 15.3 Å². The fourth-order valence-electron chi connectivity index (χ4n) is 1.43. The first-order valence-electron chi connectivity index (χ1n) is 4.61. The summed E-state index contributed by atoms with van der Waals surface area (Å²) in [4.78, 5) is 21.5. The van der Waals surface area contributed by atoms with Gasteiger partial charge in [-0.3, -0.25) is 4.79 Å².